The van der Waals surface area contributed by atoms with E-state index in [2.05, 4.69) is 5.10 Å². The van der Waals surface area contributed by atoms with Crippen molar-refractivity contribution in [1.82, 2.24) is 9.78 Å². The van der Waals surface area contributed by atoms with Crippen molar-refractivity contribution in [2.45, 2.75) is 13.1 Å². The van der Waals surface area contributed by atoms with Gasteiger partial charge in [-0.15, -0.1) is 0 Å². The number of para-hydroxylation sites is 1. The lowest BCUT2D eigenvalue weighted by molar-refractivity contribution is -0.0884. The summed E-state index contributed by atoms with van der Waals surface area (Å²) < 4.78 is 39.5. The quantitative estimate of drug-likeness (QED) is 0.670. The van der Waals surface area contributed by atoms with Crippen molar-refractivity contribution in [2.24, 2.45) is 0 Å². The van der Waals surface area contributed by atoms with Gasteiger partial charge in [-0.05, 0) is 25.1 Å². The second-order valence-electron chi connectivity index (χ2n) is 4.88. The predicted octanol–water partition coefficient (Wildman–Crippen LogP) is 4.03. The SMILES string of the molecule is Cc1c2ccc(C(=O)C(F)(F)F)c-2cnn1-c1ccccc1. The summed E-state index contributed by atoms with van der Waals surface area (Å²) in [5.74, 6) is -1.85. The van der Waals surface area contributed by atoms with Gasteiger partial charge in [-0.2, -0.15) is 18.3 Å². The lowest BCUT2D eigenvalue weighted by Gasteiger charge is -2.14. The number of halogens is 3. The lowest BCUT2D eigenvalue weighted by atomic mass is 10.0. The molecule has 0 spiro atoms. The van der Waals surface area contributed by atoms with Crippen LogP contribution in [0.4, 0.5) is 13.2 Å². The second kappa shape index (κ2) is 4.98. The highest BCUT2D eigenvalue weighted by molar-refractivity contribution is 6.06. The van der Waals surface area contributed by atoms with Crippen molar-refractivity contribution < 1.29 is 18.0 Å². The van der Waals surface area contributed by atoms with E-state index >= 15 is 0 Å². The number of aromatic nitrogens is 2. The Kier molecular flexibility index (Phi) is 3.24. The van der Waals surface area contributed by atoms with Gasteiger partial charge in [0.15, 0.2) is 0 Å². The van der Waals surface area contributed by atoms with E-state index < -0.39 is 12.0 Å². The molecular formula is C16H11F3N2O. The molecule has 1 aromatic rings. The fourth-order valence-electron chi connectivity index (χ4n) is 2.44. The van der Waals surface area contributed by atoms with E-state index in [1.54, 1.807) is 11.6 Å². The van der Waals surface area contributed by atoms with Crippen molar-refractivity contribution in [3.63, 3.8) is 0 Å². The standard InChI is InChI=1S/C16H11F3N2O/c1-10-12-7-8-13(15(22)16(17,18)19)14(12)9-20-21(10)11-5-3-2-4-6-11/h2-9H,1H3. The summed E-state index contributed by atoms with van der Waals surface area (Å²) in [6, 6.07) is 12.0. The number of benzene rings is 1. The number of rotatable bonds is 2. The van der Waals surface area contributed by atoms with Crippen molar-refractivity contribution in [2.75, 3.05) is 0 Å². The van der Waals surface area contributed by atoms with Crippen LogP contribution in [0.1, 0.15) is 16.1 Å². The molecule has 1 aliphatic carbocycles. The first kappa shape index (κ1) is 14.3. The number of ketones is 1. The van der Waals surface area contributed by atoms with Crippen LogP contribution in [0.5, 0.6) is 0 Å². The highest BCUT2D eigenvalue weighted by Gasteiger charge is 2.41. The van der Waals surface area contributed by atoms with Gasteiger partial charge in [0.2, 0.25) is 0 Å². The maximum absolute atomic E-state index is 12.6. The van der Waals surface area contributed by atoms with E-state index in [0.29, 0.717) is 11.3 Å². The molecule has 0 saturated carbocycles. The summed E-state index contributed by atoms with van der Waals surface area (Å²) in [5.41, 5.74) is 1.90. The summed E-state index contributed by atoms with van der Waals surface area (Å²) in [7, 11) is 0. The van der Waals surface area contributed by atoms with Gasteiger partial charge < -0.3 is 0 Å². The third-order valence-corrected chi connectivity index (χ3v) is 3.51. The van der Waals surface area contributed by atoms with E-state index in [9.17, 15) is 18.0 Å². The molecule has 0 fully saturated rings. The number of carbonyl (C=O) groups is 1. The number of hydrogen-bond donors (Lipinski definition) is 0. The van der Waals surface area contributed by atoms with Crippen LogP contribution in [0.15, 0.2) is 48.7 Å². The minimum Gasteiger partial charge on any atom is -0.284 e. The molecule has 6 heteroatoms. The minimum absolute atomic E-state index is 0.215. The van der Waals surface area contributed by atoms with Crippen LogP contribution in [-0.2, 0) is 0 Å². The van der Waals surface area contributed by atoms with Gasteiger partial charge in [-0.1, -0.05) is 24.3 Å². The van der Waals surface area contributed by atoms with Crippen LogP contribution >= 0.6 is 0 Å². The highest BCUT2D eigenvalue weighted by Crippen LogP contribution is 2.34. The molecule has 0 bridgehead atoms. The Balaban J connectivity index is 2.14. The molecule has 0 radical (unpaired) electrons. The molecule has 112 valence electrons. The number of fused-ring (bicyclic) bond motifs is 1. The molecule has 0 amide bonds. The first-order valence-corrected chi connectivity index (χ1v) is 6.54. The molecule has 0 atom stereocenters. The molecular weight excluding hydrogens is 293 g/mol. The zero-order valence-corrected chi connectivity index (χ0v) is 11.6. The third kappa shape index (κ3) is 2.26. The van der Waals surface area contributed by atoms with E-state index in [4.69, 9.17) is 0 Å². The Labute approximate surface area is 124 Å². The molecule has 3 rings (SSSR count). The average molecular weight is 304 g/mol. The smallest absolute Gasteiger partial charge is 0.284 e. The minimum atomic E-state index is -4.89. The zero-order valence-electron chi connectivity index (χ0n) is 11.6. The number of alkyl halides is 3. The summed E-state index contributed by atoms with van der Waals surface area (Å²) in [5, 5.41) is 4.17. The van der Waals surface area contributed by atoms with Crippen LogP contribution < -0.4 is 0 Å². The van der Waals surface area contributed by atoms with Crippen LogP contribution in [0.2, 0.25) is 0 Å². The number of nitrogens with zero attached hydrogens (tertiary/aromatic N) is 2. The monoisotopic (exact) mass is 304 g/mol. The Morgan fingerprint density at radius 2 is 1.73 bits per heavy atom. The molecule has 2 aliphatic rings. The Morgan fingerprint density at radius 1 is 1.05 bits per heavy atom. The van der Waals surface area contributed by atoms with E-state index in [1.807, 2.05) is 30.3 Å². The second-order valence-corrected chi connectivity index (χ2v) is 4.88. The van der Waals surface area contributed by atoms with Crippen LogP contribution in [0.3, 0.4) is 0 Å². The highest BCUT2D eigenvalue weighted by atomic mass is 19.4. The average Bonchev–Trinajstić information content (AvgIpc) is 2.91. The number of hydrogen-bond acceptors (Lipinski definition) is 2. The van der Waals surface area contributed by atoms with Crippen LogP contribution in [0, 0.1) is 6.92 Å². The number of Topliss-reactive ketones (excluding diaryl/α,β-unsaturated/α-hetero) is 1. The first-order valence-electron chi connectivity index (χ1n) is 6.54. The molecule has 22 heavy (non-hydrogen) atoms. The van der Waals surface area contributed by atoms with Gasteiger partial charge >= 0.3 is 6.18 Å². The van der Waals surface area contributed by atoms with E-state index in [1.165, 1.54) is 18.3 Å². The Hall–Kier alpha value is -2.63. The topological polar surface area (TPSA) is 34.9 Å². The van der Waals surface area contributed by atoms with Crippen molar-refractivity contribution in [1.29, 1.82) is 0 Å². The zero-order chi connectivity index (χ0) is 15.9. The number of carbonyl (C=O) groups excluding carboxylic acids is 1. The largest absolute Gasteiger partial charge is 0.454 e. The molecule has 0 saturated heterocycles. The Bertz CT molecular complexity index is 806. The predicted molar refractivity (Wildman–Crippen MR) is 75.3 cm³/mol. The summed E-state index contributed by atoms with van der Waals surface area (Å²) in [4.78, 5) is 11.4. The van der Waals surface area contributed by atoms with Crippen LogP contribution in [-0.4, -0.2) is 21.7 Å². The summed E-state index contributed by atoms with van der Waals surface area (Å²) in [6.45, 7) is 1.75. The molecule has 1 aromatic carbocycles. The molecule has 1 aliphatic heterocycles. The van der Waals surface area contributed by atoms with Crippen molar-refractivity contribution in [3.05, 3.63) is 59.9 Å². The molecule has 1 heterocycles. The van der Waals surface area contributed by atoms with Crippen molar-refractivity contribution in [3.8, 4) is 16.8 Å². The van der Waals surface area contributed by atoms with Gasteiger partial charge in [0.25, 0.3) is 5.78 Å². The summed E-state index contributed by atoms with van der Waals surface area (Å²) in [6.07, 6.45) is -3.59. The molecule has 0 N–H and O–H groups in total. The third-order valence-electron chi connectivity index (χ3n) is 3.51. The van der Waals surface area contributed by atoms with E-state index in [-0.39, 0.29) is 11.1 Å². The maximum Gasteiger partial charge on any atom is 0.454 e. The summed E-state index contributed by atoms with van der Waals surface area (Å²) >= 11 is 0. The maximum atomic E-state index is 12.6. The first-order chi connectivity index (χ1) is 10.4. The van der Waals surface area contributed by atoms with Crippen molar-refractivity contribution >= 4 is 5.78 Å². The van der Waals surface area contributed by atoms with Gasteiger partial charge in [0.1, 0.15) is 0 Å². The van der Waals surface area contributed by atoms with Gasteiger partial charge in [-0.3, -0.25) is 4.79 Å². The van der Waals surface area contributed by atoms with Gasteiger partial charge in [-0.25, -0.2) is 4.68 Å². The Morgan fingerprint density at radius 3 is 2.36 bits per heavy atom. The van der Waals surface area contributed by atoms with Crippen LogP contribution in [0.25, 0.3) is 16.8 Å². The molecule has 0 unspecified atom stereocenters. The molecule has 0 aromatic heterocycles. The van der Waals surface area contributed by atoms with E-state index in [0.717, 1.165) is 5.69 Å². The normalized spacial score (nSPS) is 11.8. The molecule has 3 nitrogen and oxygen atoms in total. The van der Waals surface area contributed by atoms with Gasteiger partial charge in [0, 0.05) is 22.4 Å². The fourth-order valence-corrected chi connectivity index (χ4v) is 2.44. The lowest BCUT2D eigenvalue weighted by Crippen LogP contribution is -2.22. The van der Waals surface area contributed by atoms with Gasteiger partial charge in [0.05, 0.1) is 11.9 Å². The fraction of sp³-hybridized carbons (Fsp3) is 0.125.